The number of para-hydroxylation sites is 3. The van der Waals surface area contributed by atoms with Crippen molar-refractivity contribution in [3.05, 3.63) is 172 Å². The van der Waals surface area contributed by atoms with Gasteiger partial charge in [-0.1, -0.05) is 120 Å². The van der Waals surface area contributed by atoms with E-state index in [1.165, 1.54) is 0 Å². The lowest BCUT2D eigenvalue weighted by atomic mass is 9.82. The van der Waals surface area contributed by atoms with Gasteiger partial charge in [-0.15, -0.1) is 0 Å². The van der Waals surface area contributed by atoms with Crippen LogP contribution in [0.3, 0.4) is 0 Å². The molecule has 10 nitrogen and oxygen atoms in total. The first-order chi connectivity index (χ1) is 30.9. The monoisotopic (exact) mass is 935 g/mol. The highest BCUT2D eigenvalue weighted by atomic mass is 79.9. The quantitative estimate of drug-likeness (QED) is 0.122. The Kier molecular flexibility index (Phi) is 11.8. The lowest BCUT2D eigenvalue weighted by Crippen LogP contribution is -2.52. The summed E-state index contributed by atoms with van der Waals surface area (Å²) in [5, 5.41) is 11.3. The molecule has 6 aromatic carbocycles. The number of anilines is 3. The molecule has 9 rings (SSSR count). The summed E-state index contributed by atoms with van der Waals surface area (Å²) in [6.07, 6.45) is -0.589. The van der Waals surface area contributed by atoms with Gasteiger partial charge in [-0.2, -0.15) is 0 Å². The molecule has 12 heteroatoms. The van der Waals surface area contributed by atoms with Crippen molar-refractivity contribution in [2.75, 3.05) is 30.1 Å². The number of nitrogens with zero attached hydrogens (tertiary/aromatic N) is 3. The molecule has 0 bridgehead atoms. The Labute approximate surface area is 383 Å². The maximum absolute atomic E-state index is 15.7. The summed E-state index contributed by atoms with van der Waals surface area (Å²) in [5.41, 5.74) is 3.32. The number of aliphatic hydroxyl groups is 1. The van der Waals surface area contributed by atoms with Gasteiger partial charge in [0.25, 0.3) is 11.8 Å². The lowest BCUT2D eigenvalue weighted by Gasteiger charge is -2.37. The smallest absolute Gasteiger partial charge is 0.266 e. The number of aliphatic hydroxyl groups excluding tert-OH is 1. The van der Waals surface area contributed by atoms with Gasteiger partial charge in [-0.05, 0) is 83.4 Å². The molecule has 64 heavy (non-hydrogen) atoms. The number of methoxy groups -OCH3 is 1. The van der Waals surface area contributed by atoms with Crippen LogP contribution in [-0.4, -0.2) is 62.2 Å². The summed E-state index contributed by atoms with van der Waals surface area (Å²) in [4.78, 5) is 49.7. The van der Waals surface area contributed by atoms with E-state index in [1.54, 1.807) is 33.9 Å². The zero-order valence-corrected chi connectivity index (χ0v) is 38.8. The number of ether oxygens (including phenoxy) is 3. The van der Waals surface area contributed by atoms with Gasteiger partial charge in [0.1, 0.15) is 11.5 Å². The van der Waals surface area contributed by atoms with Crippen molar-refractivity contribution in [1.82, 2.24) is 4.90 Å². The van der Waals surface area contributed by atoms with Gasteiger partial charge in [0.05, 0.1) is 57.8 Å². The molecule has 0 aliphatic carbocycles. The van der Waals surface area contributed by atoms with Gasteiger partial charge in [0.15, 0.2) is 11.4 Å². The number of rotatable bonds is 12. The number of amides is 3. The number of carbonyl (C=O) groups is 3. The Balaban J connectivity index is 1.09. The predicted molar refractivity (Wildman–Crippen MR) is 254 cm³/mol. The fraction of sp³-hybridized carbons (Fsp3) is 0.250. The summed E-state index contributed by atoms with van der Waals surface area (Å²) in [6.45, 7) is 7.22. The molecule has 3 heterocycles. The summed E-state index contributed by atoms with van der Waals surface area (Å²) < 4.78 is 19.9. The van der Waals surface area contributed by atoms with Gasteiger partial charge in [0.2, 0.25) is 5.91 Å². The number of hydrogen-bond donors (Lipinski definition) is 1. The summed E-state index contributed by atoms with van der Waals surface area (Å²) >= 11 is 3.72. The van der Waals surface area contributed by atoms with Crippen molar-refractivity contribution in [3.63, 3.8) is 0 Å². The maximum Gasteiger partial charge on any atom is 0.266 e. The molecule has 3 aliphatic heterocycles. The first-order valence-corrected chi connectivity index (χ1v) is 25.5. The first-order valence-electron chi connectivity index (χ1n) is 21.6. The fourth-order valence-corrected chi connectivity index (χ4v) is 14.6. The summed E-state index contributed by atoms with van der Waals surface area (Å²) in [6, 6.07) is 46.2. The Morgan fingerprint density at radius 1 is 0.828 bits per heavy atom. The van der Waals surface area contributed by atoms with Crippen LogP contribution in [0, 0.1) is 5.92 Å². The Morgan fingerprint density at radius 2 is 1.53 bits per heavy atom. The molecule has 6 aromatic rings. The third-order valence-electron chi connectivity index (χ3n) is 13.3. The number of hydrogen-bond acceptors (Lipinski definition) is 7. The van der Waals surface area contributed by atoms with E-state index in [4.69, 9.17) is 14.2 Å². The lowest BCUT2D eigenvalue weighted by molar-refractivity contribution is -0.150. The molecule has 1 saturated heterocycles. The molecule has 1 N–H and O–H groups in total. The van der Waals surface area contributed by atoms with Gasteiger partial charge in [-0.3, -0.25) is 19.3 Å². The molecule has 0 unspecified atom stereocenters. The fourth-order valence-electron chi connectivity index (χ4n) is 10.2. The predicted octanol–water partition coefficient (Wildman–Crippen LogP) is 9.72. The molecule has 4 atom stereocenters. The van der Waals surface area contributed by atoms with Crippen molar-refractivity contribution in [2.24, 2.45) is 5.92 Å². The van der Waals surface area contributed by atoms with Crippen LogP contribution in [-0.2, 0) is 33.0 Å². The van der Waals surface area contributed by atoms with E-state index in [0.717, 1.165) is 37.8 Å². The van der Waals surface area contributed by atoms with Gasteiger partial charge in [-0.25, -0.2) is 0 Å². The normalized spacial score (nSPS) is 20.1. The first kappa shape index (κ1) is 43.2. The molecule has 326 valence electrons. The maximum atomic E-state index is 15.7. The van der Waals surface area contributed by atoms with Crippen LogP contribution in [0.1, 0.15) is 40.4 Å². The molecule has 0 radical (unpaired) electrons. The van der Waals surface area contributed by atoms with Crippen molar-refractivity contribution in [2.45, 2.75) is 56.8 Å². The van der Waals surface area contributed by atoms with Crippen LogP contribution in [0.4, 0.5) is 17.1 Å². The summed E-state index contributed by atoms with van der Waals surface area (Å²) in [7, 11) is -0.932. The third kappa shape index (κ3) is 7.61. The minimum absolute atomic E-state index is 0.0347. The zero-order valence-electron chi connectivity index (χ0n) is 36.2. The van der Waals surface area contributed by atoms with E-state index in [1.807, 2.05) is 121 Å². The van der Waals surface area contributed by atoms with Crippen molar-refractivity contribution in [1.29, 1.82) is 0 Å². The number of benzene rings is 6. The average Bonchev–Trinajstić information content (AvgIpc) is 3.67. The Bertz CT molecular complexity index is 2730. The second-order valence-electron chi connectivity index (χ2n) is 17.3. The highest BCUT2D eigenvalue weighted by Gasteiger charge is 2.66. The van der Waals surface area contributed by atoms with Crippen LogP contribution in [0.2, 0.25) is 18.6 Å². The van der Waals surface area contributed by atoms with E-state index in [2.05, 4.69) is 48.1 Å². The second kappa shape index (κ2) is 17.5. The van der Waals surface area contributed by atoms with E-state index >= 15 is 4.79 Å². The van der Waals surface area contributed by atoms with Crippen LogP contribution in [0.25, 0.3) is 0 Å². The van der Waals surface area contributed by atoms with Gasteiger partial charge >= 0.3 is 0 Å². The number of halogens is 1. The highest BCUT2D eigenvalue weighted by Crippen LogP contribution is 2.60. The molecule has 0 aromatic heterocycles. The van der Waals surface area contributed by atoms with Gasteiger partial charge in [0, 0.05) is 34.7 Å². The van der Waals surface area contributed by atoms with E-state index in [-0.39, 0.29) is 55.3 Å². The van der Waals surface area contributed by atoms with E-state index in [0.29, 0.717) is 35.0 Å². The molecule has 1 spiro atoms. The second-order valence-corrected chi connectivity index (χ2v) is 22.9. The molecular weight excluding hydrogens is 887 g/mol. The molecular formula is C52H50BrN3O7Si. The Morgan fingerprint density at radius 3 is 2.28 bits per heavy atom. The molecule has 0 saturated carbocycles. The van der Waals surface area contributed by atoms with Gasteiger partial charge < -0.3 is 29.1 Å². The molecule has 3 aliphatic rings. The molecule has 3 amide bonds. The Hall–Kier alpha value is -6.05. The van der Waals surface area contributed by atoms with Crippen molar-refractivity contribution in [3.8, 4) is 17.2 Å². The van der Waals surface area contributed by atoms with Crippen molar-refractivity contribution >= 4 is 64.0 Å². The topological polar surface area (TPSA) is 109 Å². The van der Waals surface area contributed by atoms with E-state index in [9.17, 15) is 14.7 Å². The zero-order chi connectivity index (χ0) is 44.8. The number of carbonyl (C=O) groups excluding carboxylic acids is 3. The SMILES string of the molecule is COc1ccc([Si](C)(C)[C@@H]2[C@@H](CC(=O)N(CCO)Cc3ccccc3)O[C@]3(C(=O)N(Cc4cccc(N5C(=O)c6ccccc6Oc6ccccc65)c4)c4ccc(Br)cc43)[C@H]2C)cc1. The summed E-state index contributed by atoms with van der Waals surface area (Å²) in [5.74, 6) is 0.856. The highest BCUT2D eigenvalue weighted by molar-refractivity contribution is 9.10. The van der Waals surface area contributed by atoms with Crippen LogP contribution in [0.5, 0.6) is 17.2 Å². The van der Waals surface area contributed by atoms with Crippen LogP contribution in [0.15, 0.2) is 150 Å². The largest absolute Gasteiger partial charge is 0.497 e. The third-order valence-corrected chi connectivity index (χ3v) is 18.1. The van der Waals surface area contributed by atoms with Crippen molar-refractivity contribution < 1.29 is 33.7 Å². The minimum Gasteiger partial charge on any atom is -0.497 e. The number of fused-ring (bicyclic) bond motifs is 4. The van der Waals surface area contributed by atoms with Crippen LogP contribution >= 0.6 is 15.9 Å². The van der Waals surface area contributed by atoms with E-state index < -0.39 is 19.8 Å². The standard InChI is InChI=1S/C52H50BrN3O7Si/c1-34-49(64(3,4)40-24-22-39(61-2)23-25-40)47(31-48(58)54(27-28-57)32-35-13-6-5-7-14-35)63-52(34)42-30-37(53)21-26-43(42)55(51(52)60)33-36-15-12-16-38(29-36)56-44-18-9-11-20-46(44)62-45-19-10-8-17-41(45)50(56)59/h5-26,29-30,34,47,49,57H,27-28,31-33H2,1-4H3/t34-,47+,49-,52+/m0/s1. The minimum atomic E-state index is -2.58. The average molecular weight is 937 g/mol. The molecule has 1 fully saturated rings. The van der Waals surface area contributed by atoms with Crippen LogP contribution < -0.4 is 24.5 Å².